The van der Waals surface area contributed by atoms with Gasteiger partial charge in [-0.3, -0.25) is 14.4 Å². The average molecular weight is 701 g/mol. The van der Waals surface area contributed by atoms with Crippen molar-refractivity contribution in [2.24, 2.45) is 5.92 Å². The van der Waals surface area contributed by atoms with E-state index in [1.165, 1.54) is 25.7 Å². The number of ketones is 1. The van der Waals surface area contributed by atoms with Gasteiger partial charge in [0.15, 0.2) is 12.4 Å². The fourth-order valence-corrected chi connectivity index (χ4v) is 5.29. The molecule has 0 aliphatic rings. The Morgan fingerprint density at radius 2 is 1.24 bits per heavy atom. The highest BCUT2D eigenvalue weighted by Gasteiger charge is 2.43. The van der Waals surface area contributed by atoms with E-state index in [4.69, 9.17) is 4.74 Å². The summed E-state index contributed by atoms with van der Waals surface area (Å²) >= 11 is 0. The summed E-state index contributed by atoms with van der Waals surface area (Å²) in [6.07, 6.45) is -1.00. The second-order valence-corrected chi connectivity index (χ2v) is 12.4. The van der Waals surface area contributed by atoms with Gasteiger partial charge in [0.25, 0.3) is 0 Å². The van der Waals surface area contributed by atoms with Gasteiger partial charge in [0, 0.05) is 6.42 Å². The lowest BCUT2D eigenvalue weighted by molar-refractivity contribution is -0.144. The lowest BCUT2D eigenvalue weighted by atomic mass is 9.99. The number of halogens is 6. The molecule has 7 nitrogen and oxygen atoms in total. The predicted molar refractivity (Wildman–Crippen MR) is 172 cm³/mol. The van der Waals surface area contributed by atoms with Crippen molar-refractivity contribution in [3.05, 3.63) is 70.8 Å². The maximum Gasteiger partial charge on any atom is 0.417 e. The maximum atomic E-state index is 13.6. The third-order valence-corrected chi connectivity index (χ3v) is 7.99. The van der Waals surface area contributed by atoms with Crippen molar-refractivity contribution in [1.29, 1.82) is 0 Å². The van der Waals surface area contributed by atoms with Crippen molar-refractivity contribution in [3.63, 3.8) is 0 Å². The van der Waals surface area contributed by atoms with Gasteiger partial charge in [0.1, 0.15) is 6.04 Å². The van der Waals surface area contributed by atoms with Gasteiger partial charge in [-0.1, -0.05) is 109 Å². The third-order valence-electron chi connectivity index (χ3n) is 7.99. The Bertz CT molecular complexity index is 1330. The van der Waals surface area contributed by atoms with Crippen LogP contribution in [0.15, 0.2) is 48.5 Å². The molecule has 0 radical (unpaired) electrons. The first-order valence-electron chi connectivity index (χ1n) is 16.7. The number of benzene rings is 2. The van der Waals surface area contributed by atoms with E-state index in [9.17, 15) is 45.5 Å². The second kappa shape index (κ2) is 19.9. The van der Waals surface area contributed by atoms with Gasteiger partial charge < -0.3 is 15.4 Å². The highest BCUT2D eigenvalue weighted by molar-refractivity contribution is 5.97. The fraction of sp³-hybridized carbons (Fsp3) is 0.556. The van der Waals surface area contributed by atoms with Gasteiger partial charge in [0.05, 0.1) is 22.7 Å². The van der Waals surface area contributed by atoms with E-state index in [-0.39, 0.29) is 18.7 Å². The van der Waals surface area contributed by atoms with Crippen LogP contribution in [0.4, 0.5) is 26.3 Å². The summed E-state index contributed by atoms with van der Waals surface area (Å²) in [6.45, 7) is 4.32. The van der Waals surface area contributed by atoms with Crippen LogP contribution in [0.3, 0.4) is 0 Å². The summed E-state index contributed by atoms with van der Waals surface area (Å²) in [5, 5.41) is 5.24. The Morgan fingerprint density at radius 1 is 0.714 bits per heavy atom. The molecule has 2 atom stereocenters. The number of carbonyl (C=O) groups is 4. The molecule has 2 amide bonds. The van der Waals surface area contributed by atoms with Crippen LogP contribution in [0.5, 0.6) is 0 Å². The van der Waals surface area contributed by atoms with Gasteiger partial charge in [-0.05, 0) is 36.5 Å². The number of Topliss-reactive ketones (excluding diaryl/α,β-unsaturated/α-hetero) is 1. The van der Waals surface area contributed by atoms with Crippen LogP contribution >= 0.6 is 0 Å². The second-order valence-electron chi connectivity index (χ2n) is 12.4. The quantitative estimate of drug-likeness (QED) is 0.0824. The molecule has 0 saturated carbocycles. The monoisotopic (exact) mass is 700 g/mol. The molecule has 0 fully saturated rings. The Morgan fingerprint density at radius 3 is 1.76 bits per heavy atom. The molecule has 0 saturated heterocycles. The van der Waals surface area contributed by atoms with E-state index in [1.807, 2.05) is 0 Å². The molecule has 0 spiro atoms. The Hall–Kier alpha value is -3.90. The van der Waals surface area contributed by atoms with Crippen molar-refractivity contribution in [2.75, 3.05) is 6.61 Å². The van der Waals surface area contributed by atoms with Crippen LogP contribution in [0.1, 0.15) is 112 Å². The van der Waals surface area contributed by atoms with Crippen molar-refractivity contribution in [1.82, 2.24) is 10.6 Å². The number of ether oxygens (including phenoxy) is 1. The first kappa shape index (κ1) is 41.3. The summed E-state index contributed by atoms with van der Waals surface area (Å²) in [5.74, 6) is -4.45. The molecule has 272 valence electrons. The number of unbranched alkanes of at least 4 members (excludes halogenated alkanes) is 8. The third kappa shape index (κ3) is 14.2. The molecular weight excluding hydrogens is 654 g/mol. The highest BCUT2D eigenvalue weighted by atomic mass is 19.4. The van der Waals surface area contributed by atoms with Gasteiger partial charge in [0.2, 0.25) is 11.8 Å². The minimum Gasteiger partial charge on any atom is -0.454 e. The smallest absolute Gasteiger partial charge is 0.417 e. The van der Waals surface area contributed by atoms with E-state index in [0.29, 0.717) is 30.2 Å². The van der Waals surface area contributed by atoms with Crippen molar-refractivity contribution in [2.45, 2.75) is 116 Å². The largest absolute Gasteiger partial charge is 0.454 e. The summed E-state index contributed by atoms with van der Waals surface area (Å²) in [7, 11) is 0. The van der Waals surface area contributed by atoms with Gasteiger partial charge >= 0.3 is 18.3 Å². The first-order chi connectivity index (χ1) is 23.1. The number of nitrogens with one attached hydrogen (secondary N) is 2. The summed E-state index contributed by atoms with van der Waals surface area (Å²) in [4.78, 5) is 52.1. The number of rotatable bonds is 20. The number of amides is 2. The molecule has 2 aromatic carbocycles. The number of hydrogen-bond acceptors (Lipinski definition) is 5. The SMILES string of the molecule is CCCCCCCCCCCC(=O)N[C@H](C(=O)N[C@@H](Cc1ccccc1)C(=O)COC(=O)c1c(C(F)(F)F)cccc1C(F)(F)F)C(C)C. The minimum absolute atomic E-state index is 0.132. The molecule has 0 aromatic heterocycles. The molecule has 2 N–H and O–H groups in total. The normalized spacial score (nSPS) is 13.1. The van der Waals surface area contributed by atoms with Crippen LogP contribution in [0.25, 0.3) is 0 Å². The molecule has 13 heteroatoms. The van der Waals surface area contributed by atoms with Crippen molar-refractivity contribution in [3.8, 4) is 0 Å². The number of esters is 1. The van der Waals surface area contributed by atoms with E-state index in [0.717, 1.165) is 25.7 Å². The molecule has 2 rings (SSSR count). The standard InChI is InChI=1S/C36H46F6N2O5/c1-4-5-6-7-8-9-10-11-15-21-30(46)44-32(24(2)3)33(47)43-28(22-25-17-13-12-14-18-25)29(45)23-49-34(48)31-26(35(37,38)39)19-16-20-27(31)36(40,41)42/h12-14,16-20,24,28,32H,4-11,15,21-23H2,1-3H3,(H,43,47)(H,44,46)/t28-,32-/m0/s1. The molecule has 0 aliphatic carbocycles. The van der Waals surface area contributed by atoms with Crippen LogP contribution in [0.2, 0.25) is 0 Å². The topological polar surface area (TPSA) is 102 Å². The van der Waals surface area contributed by atoms with Crippen LogP contribution < -0.4 is 10.6 Å². The summed E-state index contributed by atoms with van der Waals surface area (Å²) in [6, 6.07) is 7.00. The van der Waals surface area contributed by atoms with E-state index < -0.39 is 71.3 Å². The zero-order valence-corrected chi connectivity index (χ0v) is 28.1. The molecule has 0 heterocycles. The molecule has 0 aliphatic heterocycles. The number of hydrogen-bond donors (Lipinski definition) is 2. The van der Waals surface area contributed by atoms with E-state index in [1.54, 1.807) is 44.2 Å². The summed E-state index contributed by atoms with van der Waals surface area (Å²) in [5.41, 5.74) is -4.95. The van der Waals surface area contributed by atoms with Crippen molar-refractivity contribution >= 4 is 23.6 Å². The van der Waals surface area contributed by atoms with Crippen LogP contribution in [-0.4, -0.2) is 42.3 Å². The zero-order chi connectivity index (χ0) is 36.6. The fourth-order valence-electron chi connectivity index (χ4n) is 5.29. The van der Waals surface area contributed by atoms with Gasteiger partial charge in [-0.15, -0.1) is 0 Å². The maximum absolute atomic E-state index is 13.6. The lowest BCUT2D eigenvalue weighted by Crippen LogP contribution is -2.54. The Balaban J connectivity index is 2.12. The molecule has 0 unspecified atom stereocenters. The minimum atomic E-state index is -5.33. The van der Waals surface area contributed by atoms with Crippen LogP contribution in [0, 0.1) is 5.92 Å². The predicted octanol–water partition coefficient (Wildman–Crippen LogP) is 8.24. The Kier molecular flexibility index (Phi) is 16.8. The zero-order valence-electron chi connectivity index (χ0n) is 28.1. The van der Waals surface area contributed by atoms with Crippen molar-refractivity contribution < 1.29 is 50.3 Å². The average Bonchev–Trinajstić information content (AvgIpc) is 3.04. The van der Waals surface area contributed by atoms with E-state index >= 15 is 0 Å². The highest BCUT2D eigenvalue weighted by Crippen LogP contribution is 2.39. The number of alkyl halides is 6. The van der Waals surface area contributed by atoms with Gasteiger partial charge in [-0.2, -0.15) is 26.3 Å². The first-order valence-corrected chi connectivity index (χ1v) is 16.7. The summed E-state index contributed by atoms with van der Waals surface area (Å²) < 4.78 is 86.1. The molecule has 0 bridgehead atoms. The van der Waals surface area contributed by atoms with Crippen LogP contribution in [-0.2, 0) is 37.9 Å². The lowest BCUT2D eigenvalue weighted by Gasteiger charge is -2.25. The molecule has 49 heavy (non-hydrogen) atoms. The van der Waals surface area contributed by atoms with Gasteiger partial charge in [-0.25, -0.2) is 4.79 Å². The number of carbonyl (C=O) groups excluding carboxylic acids is 4. The Labute approximate surface area is 283 Å². The molecule has 2 aromatic rings. The van der Waals surface area contributed by atoms with E-state index in [2.05, 4.69) is 17.6 Å². The molecular formula is C36H46F6N2O5.